The molecule has 0 saturated heterocycles. The van der Waals surface area contributed by atoms with Crippen molar-refractivity contribution in [2.24, 2.45) is 0 Å². The number of Topliss-reactive ketones (excluding diaryl/α,β-unsaturated/α-hetero) is 2. The molecule has 0 unspecified atom stereocenters. The lowest BCUT2D eigenvalue weighted by Crippen LogP contribution is -2.29. The zero-order valence-electron chi connectivity index (χ0n) is 17.0. The molecule has 32 heavy (non-hydrogen) atoms. The number of carbonyl (C=O) groups excluding carboxylic acids is 5. The summed E-state index contributed by atoms with van der Waals surface area (Å²) in [5.41, 5.74) is 1.60. The highest BCUT2D eigenvalue weighted by molar-refractivity contribution is 6.34. The summed E-state index contributed by atoms with van der Waals surface area (Å²) in [4.78, 5) is 62.4. The Hall–Kier alpha value is -4.39. The number of ketones is 2. The number of imide groups is 1. The minimum Gasteiger partial charge on any atom is -0.454 e. The summed E-state index contributed by atoms with van der Waals surface area (Å²) in [5, 5.41) is 0. The van der Waals surface area contributed by atoms with Crippen LogP contribution in [0.4, 0.5) is 5.69 Å². The fraction of sp³-hybridized carbons (Fsp3) is 0.0800. The third-order valence-electron chi connectivity index (χ3n) is 5.08. The van der Waals surface area contributed by atoms with E-state index in [0.29, 0.717) is 11.1 Å². The number of carbonyl (C=O) groups is 5. The molecule has 0 aliphatic carbocycles. The number of ether oxygens (including phenoxy) is 1. The van der Waals surface area contributed by atoms with Crippen molar-refractivity contribution in [2.75, 3.05) is 11.5 Å². The average Bonchev–Trinajstić information content (AvgIpc) is 3.07. The molecule has 0 bridgehead atoms. The smallest absolute Gasteiger partial charge is 0.338 e. The van der Waals surface area contributed by atoms with Crippen LogP contribution in [0.1, 0.15) is 58.7 Å². The highest BCUT2D eigenvalue weighted by atomic mass is 16.5. The largest absolute Gasteiger partial charge is 0.454 e. The first-order valence-corrected chi connectivity index (χ1v) is 9.76. The van der Waals surface area contributed by atoms with Crippen LogP contribution in [0.15, 0.2) is 72.8 Å². The number of nitrogens with zero attached hydrogens (tertiary/aromatic N) is 1. The lowest BCUT2D eigenvalue weighted by atomic mass is 10.0. The van der Waals surface area contributed by atoms with Crippen LogP contribution in [-0.2, 0) is 4.74 Å². The Bertz CT molecular complexity index is 1260. The summed E-state index contributed by atoms with van der Waals surface area (Å²) in [7, 11) is 0. The van der Waals surface area contributed by atoms with E-state index in [4.69, 9.17) is 4.74 Å². The molecule has 7 heteroatoms. The van der Waals surface area contributed by atoms with Gasteiger partial charge in [0.15, 0.2) is 18.2 Å². The Morgan fingerprint density at radius 3 is 2.03 bits per heavy atom. The molecular weight excluding hydrogens is 410 g/mol. The van der Waals surface area contributed by atoms with Gasteiger partial charge in [0.25, 0.3) is 11.8 Å². The third kappa shape index (κ3) is 3.83. The van der Waals surface area contributed by atoms with Crippen molar-refractivity contribution in [3.63, 3.8) is 0 Å². The standard InChI is InChI=1S/C25H17NO6/c1-15(27)18-9-12-20-21(13-18)24(30)26(23(20)29)19-10-7-17(8-11-19)25(31)32-14-22(28)16-5-3-2-4-6-16/h2-13H,14H2,1H3. The molecule has 7 nitrogen and oxygen atoms in total. The van der Waals surface area contributed by atoms with E-state index >= 15 is 0 Å². The Kier molecular flexibility index (Phi) is 5.47. The van der Waals surface area contributed by atoms with E-state index in [1.165, 1.54) is 49.4 Å². The first kappa shape index (κ1) is 20.9. The molecule has 0 radical (unpaired) electrons. The van der Waals surface area contributed by atoms with Crippen molar-refractivity contribution < 1.29 is 28.7 Å². The fourth-order valence-corrected chi connectivity index (χ4v) is 3.36. The summed E-state index contributed by atoms with van der Waals surface area (Å²) >= 11 is 0. The van der Waals surface area contributed by atoms with Gasteiger partial charge in [-0.25, -0.2) is 9.69 Å². The van der Waals surface area contributed by atoms with Gasteiger partial charge in [0, 0.05) is 11.1 Å². The van der Waals surface area contributed by atoms with Crippen LogP contribution in [0.25, 0.3) is 0 Å². The van der Waals surface area contributed by atoms with Crippen molar-refractivity contribution in [3.8, 4) is 0 Å². The van der Waals surface area contributed by atoms with Crippen molar-refractivity contribution in [2.45, 2.75) is 6.92 Å². The van der Waals surface area contributed by atoms with Gasteiger partial charge in [0.2, 0.25) is 0 Å². The Morgan fingerprint density at radius 2 is 1.38 bits per heavy atom. The quantitative estimate of drug-likeness (QED) is 0.338. The summed E-state index contributed by atoms with van der Waals surface area (Å²) < 4.78 is 5.07. The van der Waals surface area contributed by atoms with E-state index < -0.39 is 24.4 Å². The maximum Gasteiger partial charge on any atom is 0.338 e. The van der Waals surface area contributed by atoms with E-state index in [1.54, 1.807) is 30.3 Å². The van der Waals surface area contributed by atoms with Crippen LogP contribution >= 0.6 is 0 Å². The average molecular weight is 427 g/mol. The van der Waals surface area contributed by atoms with Crippen LogP contribution in [0, 0.1) is 0 Å². The number of anilines is 1. The van der Waals surface area contributed by atoms with Crippen LogP contribution in [0.3, 0.4) is 0 Å². The lowest BCUT2D eigenvalue weighted by molar-refractivity contribution is 0.0474. The number of rotatable bonds is 6. The van der Waals surface area contributed by atoms with E-state index in [9.17, 15) is 24.0 Å². The van der Waals surface area contributed by atoms with Gasteiger partial charge in [-0.15, -0.1) is 0 Å². The molecule has 0 aromatic heterocycles. The summed E-state index contributed by atoms with van der Waals surface area (Å²) in [6, 6.07) is 18.6. The number of benzene rings is 3. The predicted octanol–water partition coefficient (Wildman–Crippen LogP) is 3.73. The molecule has 0 saturated carbocycles. The molecule has 1 aliphatic rings. The van der Waals surface area contributed by atoms with Crippen molar-refractivity contribution in [1.29, 1.82) is 0 Å². The summed E-state index contributed by atoms with van der Waals surface area (Å²) in [6.07, 6.45) is 0. The zero-order valence-corrected chi connectivity index (χ0v) is 17.0. The van der Waals surface area contributed by atoms with Crippen LogP contribution < -0.4 is 4.90 Å². The molecule has 158 valence electrons. The van der Waals surface area contributed by atoms with Crippen molar-refractivity contribution in [1.82, 2.24) is 0 Å². The number of hydrogen-bond acceptors (Lipinski definition) is 6. The second-order valence-electron chi connectivity index (χ2n) is 7.17. The van der Waals surface area contributed by atoms with Gasteiger partial charge in [-0.2, -0.15) is 0 Å². The van der Waals surface area contributed by atoms with Gasteiger partial charge in [0.1, 0.15) is 0 Å². The Morgan fingerprint density at radius 1 is 0.750 bits per heavy atom. The van der Waals surface area contributed by atoms with E-state index in [0.717, 1.165) is 4.90 Å². The molecule has 0 fully saturated rings. The van der Waals surface area contributed by atoms with E-state index in [-0.39, 0.29) is 33.9 Å². The first-order valence-electron chi connectivity index (χ1n) is 9.76. The summed E-state index contributed by atoms with van der Waals surface area (Å²) in [6.45, 7) is 0.980. The number of fused-ring (bicyclic) bond motifs is 1. The topological polar surface area (TPSA) is 97.8 Å². The monoisotopic (exact) mass is 427 g/mol. The molecule has 0 spiro atoms. The van der Waals surface area contributed by atoms with Crippen LogP contribution in [0.2, 0.25) is 0 Å². The van der Waals surface area contributed by atoms with E-state index in [2.05, 4.69) is 0 Å². The highest BCUT2D eigenvalue weighted by Crippen LogP contribution is 2.29. The molecule has 1 heterocycles. The van der Waals surface area contributed by atoms with Gasteiger partial charge in [-0.05, 0) is 43.3 Å². The second kappa shape index (κ2) is 8.39. The van der Waals surface area contributed by atoms with Crippen LogP contribution in [-0.4, -0.2) is 36.0 Å². The molecule has 0 atom stereocenters. The minimum atomic E-state index is -0.700. The molecular formula is C25H17NO6. The fourth-order valence-electron chi connectivity index (χ4n) is 3.36. The van der Waals surface area contributed by atoms with E-state index in [1.807, 2.05) is 0 Å². The molecule has 2 amide bonds. The second-order valence-corrected chi connectivity index (χ2v) is 7.17. The third-order valence-corrected chi connectivity index (χ3v) is 5.08. The molecule has 1 aliphatic heterocycles. The minimum absolute atomic E-state index is 0.158. The number of hydrogen-bond donors (Lipinski definition) is 0. The van der Waals surface area contributed by atoms with Crippen molar-refractivity contribution in [3.05, 3.63) is 101 Å². The predicted molar refractivity (Wildman–Crippen MR) is 115 cm³/mol. The maximum atomic E-state index is 12.8. The molecule has 3 aromatic carbocycles. The summed E-state index contributed by atoms with van der Waals surface area (Å²) in [5.74, 6) is -2.29. The van der Waals surface area contributed by atoms with Gasteiger partial charge < -0.3 is 4.74 Å². The first-order chi connectivity index (χ1) is 15.4. The van der Waals surface area contributed by atoms with Gasteiger partial charge in [-0.3, -0.25) is 19.2 Å². The maximum absolute atomic E-state index is 12.8. The SMILES string of the molecule is CC(=O)c1ccc2c(c1)C(=O)N(c1ccc(C(=O)OCC(=O)c3ccccc3)cc1)C2=O. The van der Waals surface area contributed by atoms with Gasteiger partial charge in [-0.1, -0.05) is 36.4 Å². The van der Waals surface area contributed by atoms with Crippen LogP contribution in [0.5, 0.6) is 0 Å². The zero-order chi connectivity index (χ0) is 22.8. The lowest BCUT2D eigenvalue weighted by Gasteiger charge is -2.14. The molecule has 3 aromatic rings. The molecule has 4 rings (SSSR count). The highest BCUT2D eigenvalue weighted by Gasteiger charge is 2.37. The number of amides is 2. The van der Waals surface area contributed by atoms with Crippen molar-refractivity contribution >= 4 is 35.0 Å². The Labute approximate surface area is 183 Å². The van der Waals surface area contributed by atoms with Gasteiger partial charge >= 0.3 is 5.97 Å². The number of esters is 1. The van der Waals surface area contributed by atoms with Gasteiger partial charge in [0.05, 0.1) is 22.4 Å². The normalized spacial score (nSPS) is 12.5. The Balaban J connectivity index is 1.47. The molecule has 0 N–H and O–H groups in total.